The van der Waals surface area contributed by atoms with Crippen molar-refractivity contribution < 1.29 is 4.40 Å². The smallest absolute Gasteiger partial charge is 0.250 e. The number of hydrogen-bond acceptors (Lipinski definition) is 2. The third-order valence-corrected chi connectivity index (χ3v) is 5.30. The van der Waals surface area contributed by atoms with Crippen molar-refractivity contribution in [3.63, 3.8) is 0 Å². The number of nitrogens with one attached hydrogen (secondary N) is 2. The molecule has 0 atom stereocenters. The molecule has 2 aromatic heterocycles. The predicted octanol–water partition coefficient (Wildman–Crippen LogP) is 5.16. The molecule has 128 valence electrons. The Hall–Kier alpha value is -2.84. The van der Waals surface area contributed by atoms with Crippen molar-refractivity contribution in [2.75, 3.05) is 5.32 Å². The second-order valence-electron chi connectivity index (χ2n) is 6.25. The van der Waals surface area contributed by atoms with Gasteiger partial charge in [-0.2, -0.15) is 9.66 Å². The zero-order valence-corrected chi connectivity index (χ0v) is 16.2. The molecule has 0 aliphatic carbocycles. The highest BCUT2D eigenvalue weighted by Crippen LogP contribution is 2.28. The largest absolute Gasteiger partial charge is 0.273 e. The summed E-state index contributed by atoms with van der Waals surface area (Å²) in [7, 11) is 0. The minimum atomic E-state index is 0.694. The van der Waals surface area contributed by atoms with Gasteiger partial charge in [0.05, 0.1) is 5.69 Å². The van der Waals surface area contributed by atoms with Crippen LogP contribution in [0.25, 0.3) is 16.7 Å². The second-order valence-corrected chi connectivity index (χ2v) is 7.17. The van der Waals surface area contributed by atoms with E-state index in [0.29, 0.717) is 5.56 Å². The molecule has 0 aliphatic rings. The maximum Gasteiger partial charge on any atom is 0.250 e. The molecule has 4 aromatic rings. The van der Waals surface area contributed by atoms with Crippen LogP contribution in [0.3, 0.4) is 0 Å². The van der Waals surface area contributed by atoms with Gasteiger partial charge in [-0.1, -0.05) is 35.0 Å². The third kappa shape index (κ3) is 2.54. The molecule has 4 rings (SSSR count). The summed E-state index contributed by atoms with van der Waals surface area (Å²) in [6.45, 7) is 4.15. The number of imidazole rings is 1. The van der Waals surface area contributed by atoms with Gasteiger partial charge < -0.3 is 0 Å². The maximum atomic E-state index is 9.76. The normalized spacial score (nSPS) is 11.0. The highest BCUT2D eigenvalue weighted by atomic mass is 79.9. The summed E-state index contributed by atoms with van der Waals surface area (Å²) in [5.74, 6) is 0.999. The molecule has 2 aromatic carbocycles. The summed E-state index contributed by atoms with van der Waals surface area (Å²) in [5, 5.41) is 13.3. The molecule has 0 fully saturated rings. The van der Waals surface area contributed by atoms with Gasteiger partial charge in [0, 0.05) is 10.0 Å². The fourth-order valence-corrected chi connectivity index (χ4v) is 3.76. The molecule has 0 amide bonds. The molecule has 2 N–H and O–H groups in total. The average molecular weight is 406 g/mol. The van der Waals surface area contributed by atoms with Crippen molar-refractivity contribution >= 4 is 44.1 Å². The number of fused-ring (bicyclic) bond motifs is 3. The van der Waals surface area contributed by atoms with E-state index in [1.54, 1.807) is 0 Å². The van der Waals surface area contributed by atoms with Gasteiger partial charge in [0.25, 0.3) is 0 Å². The molecule has 0 spiro atoms. The zero-order chi connectivity index (χ0) is 18.3. The van der Waals surface area contributed by atoms with E-state index in [0.717, 1.165) is 50.2 Å². The van der Waals surface area contributed by atoms with Crippen molar-refractivity contribution in [1.82, 2.24) is 4.98 Å². The maximum absolute atomic E-state index is 9.76. The van der Waals surface area contributed by atoms with E-state index in [2.05, 4.69) is 49.7 Å². The Morgan fingerprint density at radius 1 is 1.15 bits per heavy atom. The Balaban J connectivity index is 2.09. The van der Waals surface area contributed by atoms with Gasteiger partial charge in [-0.15, -0.1) is 0 Å². The van der Waals surface area contributed by atoms with Crippen LogP contribution in [0, 0.1) is 18.3 Å². The van der Waals surface area contributed by atoms with Crippen LogP contribution >= 0.6 is 15.9 Å². The van der Waals surface area contributed by atoms with E-state index >= 15 is 0 Å². The number of anilines is 2. The van der Waals surface area contributed by atoms with Gasteiger partial charge in [-0.25, -0.2) is 0 Å². The number of aromatic nitrogens is 2. The Labute approximate surface area is 160 Å². The van der Waals surface area contributed by atoms with Crippen LogP contribution in [0.1, 0.15) is 23.6 Å². The van der Waals surface area contributed by atoms with Crippen molar-refractivity contribution in [2.45, 2.75) is 20.3 Å². The van der Waals surface area contributed by atoms with Crippen molar-refractivity contribution in [3.8, 4) is 6.07 Å². The van der Waals surface area contributed by atoms with Crippen molar-refractivity contribution in [2.24, 2.45) is 0 Å². The fraction of sp³-hybridized carbons (Fsp3) is 0.143. The Kier molecular flexibility index (Phi) is 4.14. The second kappa shape index (κ2) is 6.47. The van der Waals surface area contributed by atoms with Gasteiger partial charge in [0.1, 0.15) is 22.7 Å². The number of nitrogens with zero attached hydrogens (tertiary/aromatic N) is 2. The van der Waals surface area contributed by atoms with Gasteiger partial charge in [-0.3, -0.25) is 10.3 Å². The topological polar surface area (TPSA) is 55.7 Å². The Morgan fingerprint density at radius 2 is 1.88 bits per heavy atom. The Morgan fingerprint density at radius 3 is 2.58 bits per heavy atom. The van der Waals surface area contributed by atoms with Crippen LogP contribution in [-0.2, 0) is 6.42 Å². The third-order valence-electron chi connectivity index (χ3n) is 4.77. The van der Waals surface area contributed by atoms with E-state index in [1.807, 2.05) is 49.4 Å². The summed E-state index contributed by atoms with van der Waals surface area (Å²) in [6.07, 6.45) is 0.835. The first-order chi connectivity index (χ1) is 12.6. The number of para-hydroxylation sites is 2. The summed E-state index contributed by atoms with van der Waals surface area (Å²) in [5.41, 5.74) is 6.74. The molecular formula is C21H18BrN4+. The molecule has 0 aliphatic heterocycles. The highest BCUT2D eigenvalue weighted by Gasteiger charge is 2.25. The molecule has 0 saturated carbocycles. The Bertz CT molecular complexity index is 1170. The SMILES string of the molecule is CCc1c(C)c(C#N)c2[nH]c3ccccc3[n+]2c1Nc1ccc(Br)cc1. The summed E-state index contributed by atoms with van der Waals surface area (Å²) >= 11 is 3.48. The summed E-state index contributed by atoms with van der Waals surface area (Å²) in [4.78, 5) is 3.42. The van der Waals surface area contributed by atoms with E-state index in [-0.39, 0.29) is 0 Å². The van der Waals surface area contributed by atoms with E-state index in [1.165, 1.54) is 0 Å². The number of nitriles is 1. The standard InChI is InChI=1S/C21H17BrN4/c1-3-16-13(2)17(12-23)21-25-18-6-4-5-7-19(18)26(21)20(16)24-15-10-8-14(22)9-11-15/h4-11H,3H2,1-2H3,(H,24,25)/p+1. The van der Waals surface area contributed by atoms with Crippen LogP contribution in [0.4, 0.5) is 11.5 Å². The lowest BCUT2D eigenvalue weighted by molar-refractivity contribution is -0.465. The first-order valence-corrected chi connectivity index (χ1v) is 9.34. The molecular weight excluding hydrogens is 388 g/mol. The van der Waals surface area contributed by atoms with Gasteiger partial charge in [0.2, 0.25) is 11.5 Å². The predicted molar refractivity (Wildman–Crippen MR) is 108 cm³/mol. The number of H-pyrrole nitrogens is 1. The van der Waals surface area contributed by atoms with Crippen molar-refractivity contribution in [3.05, 3.63) is 69.7 Å². The number of hydrogen-bond donors (Lipinski definition) is 2. The average Bonchev–Trinajstić information content (AvgIpc) is 3.03. The summed E-state index contributed by atoms with van der Waals surface area (Å²) < 4.78 is 3.17. The minimum Gasteiger partial charge on any atom is -0.273 e. The highest BCUT2D eigenvalue weighted by molar-refractivity contribution is 9.10. The molecule has 26 heavy (non-hydrogen) atoms. The number of aromatic amines is 1. The monoisotopic (exact) mass is 405 g/mol. The van der Waals surface area contributed by atoms with E-state index < -0.39 is 0 Å². The van der Waals surface area contributed by atoms with E-state index in [4.69, 9.17) is 0 Å². The molecule has 0 radical (unpaired) electrons. The molecule has 0 saturated heterocycles. The fourth-order valence-electron chi connectivity index (χ4n) is 3.50. The van der Waals surface area contributed by atoms with Crippen LogP contribution < -0.4 is 9.72 Å². The van der Waals surface area contributed by atoms with Crippen LogP contribution in [0.5, 0.6) is 0 Å². The van der Waals surface area contributed by atoms with Crippen LogP contribution in [-0.4, -0.2) is 4.98 Å². The number of pyridine rings is 1. The minimum absolute atomic E-state index is 0.694. The molecule has 4 nitrogen and oxygen atoms in total. The molecule has 5 heteroatoms. The first kappa shape index (κ1) is 16.6. The van der Waals surface area contributed by atoms with Crippen molar-refractivity contribution in [1.29, 1.82) is 5.26 Å². The molecule has 0 unspecified atom stereocenters. The van der Waals surface area contributed by atoms with Crippen LogP contribution in [0.15, 0.2) is 53.0 Å². The van der Waals surface area contributed by atoms with E-state index in [9.17, 15) is 5.26 Å². The zero-order valence-electron chi connectivity index (χ0n) is 14.6. The van der Waals surface area contributed by atoms with Gasteiger partial charge in [0.15, 0.2) is 0 Å². The number of benzene rings is 2. The quantitative estimate of drug-likeness (QED) is 0.462. The van der Waals surface area contributed by atoms with Gasteiger partial charge >= 0.3 is 0 Å². The number of halogens is 1. The van der Waals surface area contributed by atoms with Gasteiger partial charge in [-0.05, 0) is 55.3 Å². The van der Waals surface area contributed by atoms with Crippen LogP contribution in [0.2, 0.25) is 0 Å². The lowest BCUT2D eigenvalue weighted by Gasteiger charge is -2.12. The molecule has 0 bridgehead atoms. The lowest BCUT2D eigenvalue weighted by atomic mass is 10.0. The lowest BCUT2D eigenvalue weighted by Crippen LogP contribution is -2.28. The number of rotatable bonds is 3. The summed E-state index contributed by atoms with van der Waals surface area (Å²) in [6, 6.07) is 18.6. The first-order valence-electron chi connectivity index (χ1n) is 8.54. The molecule has 2 heterocycles.